The number of carbonyl (C=O) groups excluding carboxylic acids is 1. The van der Waals surface area contributed by atoms with E-state index in [1.165, 1.54) is 6.07 Å². The van der Waals surface area contributed by atoms with E-state index in [4.69, 9.17) is 23.8 Å². The number of hydrogen-bond acceptors (Lipinski definition) is 3. The number of halogens is 4. The van der Waals surface area contributed by atoms with Crippen molar-refractivity contribution in [2.45, 2.75) is 6.18 Å². The maximum Gasteiger partial charge on any atom is 0.417 e. The Balaban J connectivity index is 1.99. The lowest BCUT2D eigenvalue weighted by molar-refractivity contribution is -0.137. The second-order valence-corrected chi connectivity index (χ2v) is 7.31. The lowest BCUT2D eigenvalue weighted by Gasteiger charge is -2.17. The third-order valence-electron chi connectivity index (χ3n) is 3.57. The fourth-order valence-electron chi connectivity index (χ4n) is 2.32. The lowest BCUT2D eigenvalue weighted by atomic mass is 10.1. The third kappa shape index (κ3) is 3.47. The lowest BCUT2D eigenvalue weighted by Crippen LogP contribution is -2.27. The van der Waals surface area contributed by atoms with Crippen molar-refractivity contribution in [1.82, 2.24) is 4.57 Å². The van der Waals surface area contributed by atoms with Crippen molar-refractivity contribution in [1.29, 1.82) is 0 Å². The smallest absolute Gasteiger partial charge is 0.351 e. The molecule has 1 amide bonds. The minimum atomic E-state index is -4.62. The molecule has 1 aromatic carbocycles. The number of thiocarbonyl (C=S) groups is 1. The number of rotatable bonds is 2. The molecule has 3 rings (SSSR count). The molecule has 0 unspecified atom stereocenters. The SMILES string of the molecule is Cn1cccc1/C=C1\SC(=S)N(c2ccc(Cl)c(C(F)(F)F)c2)C1=O. The second-order valence-electron chi connectivity index (χ2n) is 5.22. The largest absolute Gasteiger partial charge is 0.417 e. The molecule has 1 saturated heterocycles. The molecule has 1 fully saturated rings. The van der Waals surface area contributed by atoms with Crippen LogP contribution in [0.3, 0.4) is 0 Å². The summed E-state index contributed by atoms with van der Waals surface area (Å²) in [6.07, 6.45) is -1.15. The van der Waals surface area contributed by atoms with Crippen LogP contribution in [-0.4, -0.2) is 14.8 Å². The van der Waals surface area contributed by atoms with E-state index in [1.807, 2.05) is 29.9 Å². The first-order chi connectivity index (χ1) is 11.7. The first-order valence-electron chi connectivity index (χ1n) is 6.94. The quantitative estimate of drug-likeness (QED) is 0.516. The highest BCUT2D eigenvalue weighted by atomic mass is 35.5. The molecule has 1 aliphatic heterocycles. The summed E-state index contributed by atoms with van der Waals surface area (Å²) in [6, 6.07) is 6.92. The van der Waals surface area contributed by atoms with Crippen molar-refractivity contribution < 1.29 is 18.0 Å². The van der Waals surface area contributed by atoms with Crippen LogP contribution < -0.4 is 4.90 Å². The molecule has 0 spiro atoms. The molecule has 0 bridgehead atoms. The number of amides is 1. The van der Waals surface area contributed by atoms with Gasteiger partial charge in [0, 0.05) is 18.9 Å². The Kier molecular flexibility index (Phi) is 4.70. The van der Waals surface area contributed by atoms with Gasteiger partial charge in [-0.15, -0.1) is 0 Å². The summed E-state index contributed by atoms with van der Waals surface area (Å²) < 4.78 is 41.1. The molecule has 0 N–H and O–H groups in total. The van der Waals surface area contributed by atoms with Gasteiger partial charge in [0.15, 0.2) is 4.32 Å². The number of hydrogen-bond donors (Lipinski definition) is 0. The highest BCUT2D eigenvalue weighted by molar-refractivity contribution is 8.27. The normalized spacial score (nSPS) is 17.0. The van der Waals surface area contributed by atoms with E-state index in [1.54, 1.807) is 6.08 Å². The predicted molar refractivity (Wildman–Crippen MR) is 97.5 cm³/mol. The van der Waals surface area contributed by atoms with Crippen molar-refractivity contribution in [2.24, 2.45) is 7.05 Å². The van der Waals surface area contributed by atoms with Gasteiger partial charge in [-0.25, -0.2) is 0 Å². The molecule has 2 heterocycles. The van der Waals surface area contributed by atoms with E-state index in [2.05, 4.69) is 0 Å². The minimum Gasteiger partial charge on any atom is -0.351 e. The standard InChI is InChI=1S/C16H10ClF3N2OS2/c1-21-6-2-3-9(21)8-13-14(23)22(15(24)25-13)10-4-5-12(17)11(7-10)16(18,19)20/h2-8H,1H3/b13-8-. The van der Waals surface area contributed by atoms with Crippen molar-refractivity contribution >= 4 is 57.6 Å². The fourth-order valence-corrected chi connectivity index (χ4v) is 3.83. The summed E-state index contributed by atoms with van der Waals surface area (Å²) in [5.41, 5.74) is -0.186. The average Bonchev–Trinajstić information content (AvgIpc) is 3.03. The number of alkyl halides is 3. The van der Waals surface area contributed by atoms with Crippen LogP contribution in [0.5, 0.6) is 0 Å². The number of benzene rings is 1. The van der Waals surface area contributed by atoms with E-state index in [0.29, 0.717) is 4.91 Å². The van der Waals surface area contributed by atoms with Crippen molar-refractivity contribution in [3.05, 3.63) is 57.7 Å². The molecular weight excluding hydrogens is 393 g/mol. The summed E-state index contributed by atoms with van der Waals surface area (Å²) in [7, 11) is 1.82. The molecule has 0 aliphatic carbocycles. The third-order valence-corrected chi connectivity index (χ3v) is 5.20. The molecule has 2 aromatic rings. The van der Waals surface area contributed by atoms with Gasteiger partial charge in [0.1, 0.15) is 0 Å². The monoisotopic (exact) mass is 402 g/mol. The van der Waals surface area contributed by atoms with E-state index < -0.39 is 22.7 Å². The van der Waals surface area contributed by atoms with Gasteiger partial charge in [-0.1, -0.05) is 35.6 Å². The summed E-state index contributed by atoms with van der Waals surface area (Å²) >= 11 is 11.8. The topological polar surface area (TPSA) is 25.2 Å². The van der Waals surface area contributed by atoms with E-state index >= 15 is 0 Å². The average molecular weight is 403 g/mol. The second kappa shape index (κ2) is 6.51. The van der Waals surface area contributed by atoms with Crippen molar-refractivity contribution in [2.75, 3.05) is 4.90 Å². The number of aromatic nitrogens is 1. The highest BCUT2D eigenvalue weighted by Crippen LogP contribution is 2.40. The molecule has 0 saturated carbocycles. The molecule has 1 aromatic heterocycles. The molecular formula is C16H10ClF3N2OS2. The number of aryl methyl sites for hydroxylation is 1. The first kappa shape index (κ1) is 18.0. The summed E-state index contributed by atoms with van der Waals surface area (Å²) in [5, 5.41) is -0.430. The van der Waals surface area contributed by atoms with Crippen LogP contribution >= 0.6 is 35.6 Å². The van der Waals surface area contributed by atoms with Crippen LogP contribution in [0.25, 0.3) is 6.08 Å². The van der Waals surface area contributed by atoms with Gasteiger partial charge < -0.3 is 4.57 Å². The maximum atomic E-state index is 13.0. The molecule has 3 nitrogen and oxygen atoms in total. The van der Waals surface area contributed by atoms with Crippen molar-refractivity contribution in [3.63, 3.8) is 0 Å². The molecule has 9 heteroatoms. The number of thioether (sulfide) groups is 1. The summed E-state index contributed by atoms with van der Waals surface area (Å²) in [6.45, 7) is 0. The van der Waals surface area contributed by atoms with Gasteiger partial charge in [-0.2, -0.15) is 13.2 Å². The van der Waals surface area contributed by atoms with Crippen LogP contribution in [0.1, 0.15) is 11.3 Å². The Labute approximate surface area is 156 Å². The van der Waals surface area contributed by atoms with Crippen LogP contribution in [-0.2, 0) is 18.0 Å². The van der Waals surface area contributed by atoms with Gasteiger partial charge in [0.25, 0.3) is 5.91 Å². The highest BCUT2D eigenvalue weighted by Gasteiger charge is 2.37. The van der Waals surface area contributed by atoms with E-state index in [0.717, 1.165) is 34.5 Å². The molecule has 1 aliphatic rings. The van der Waals surface area contributed by atoms with Gasteiger partial charge >= 0.3 is 6.18 Å². The van der Waals surface area contributed by atoms with Crippen LogP contribution in [0, 0.1) is 0 Å². The fraction of sp³-hybridized carbons (Fsp3) is 0.125. The maximum absolute atomic E-state index is 13.0. The molecule has 25 heavy (non-hydrogen) atoms. The number of anilines is 1. The van der Waals surface area contributed by atoms with E-state index in [-0.39, 0.29) is 10.0 Å². The number of carbonyl (C=O) groups is 1. The summed E-state index contributed by atoms with van der Waals surface area (Å²) in [4.78, 5) is 14.1. The minimum absolute atomic E-state index is 0.0366. The molecule has 130 valence electrons. The zero-order valence-electron chi connectivity index (χ0n) is 12.7. The first-order valence-corrected chi connectivity index (χ1v) is 8.55. The Hall–Kier alpha value is -1.77. The van der Waals surface area contributed by atoms with Crippen molar-refractivity contribution in [3.8, 4) is 0 Å². The van der Waals surface area contributed by atoms with Gasteiger partial charge in [-0.05, 0) is 36.4 Å². The van der Waals surface area contributed by atoms with Gasteiger partial charge in [0.2, 0.25) is 0 Å². The van der Waals surface area contributed by atoms with Crippen LogP contribution in [0.15, 0.2) is 41.4 Å². The van der Waals surface area contributed by atoms with Crippen LogP contribution in [0.2, 0.25) is 5.02 Å². The zero-order valence-corrected chi connectivity index (χ0v) is 15.1. The predicted octanol–water partition coefficient (Wildman–Crippen LogP) is 5.10. The van der Waals surface area contributed by atoms with E-state index in [9.17, 15) is 18.0 Å². The summed E-state index contributed by atoms with van der Waals surface area (Å²) in [5.74, 6) is -0.466. The van der Waals surface area contributed by atoms with Gasteiger partial charge in [-0.3, -0.25) is 9.69 Å². The van der Waals surface area contributed by atoms with Gasteiger partial charge in [0.05, 0.1) is 21.2 Å². The molecule has 0 atom stereocenters. The number of nitrogens with zero attached hydrogens (tertiary/aromatic N) is 2. The van der Waals surface area contributed by atoms with Crippen LogP contribution in [0.4, 0.5) is 18.9 Å². The molecule has 0 radical (unpaired) electrons. The zero-order chi connectivity index (χ0) is 18.4. The Morgan fingerprint density at radius 3 is 2.60 bits per heavy atom. The Bertz CT molecular complexity index is 905. The Morgan fingerprint density at radius 2 is 2.00 bits per heavy atom. The Morgan fingerprint density at radius 1 is 1.28 bits per heavy atom.